The number of aliphatic hydroxyl groups excluding tert-OH is 1. The summed E-state index contributed by atoms with van der Waals surface area (Å²) in [6, 6.07) is 1.71. The molecule has 1 N–H and O–H groups in total. The number of allylic oxidation sites excluding steroid dienone is 3. The fraction of sp³-hybridized carbons (Fsp3) is 0.519. The summed E-state index contributed by atoms with van der Waals surface area (Å²) in [6.45, 7) is 11.6. The number of ketones is 1. The van der Waals surface area contributed by atoms with Crippen molar-refractivity contribution in [2.75, 3.05) is 7.11 Å². The summed E-state index contributed by atoms with van der Waals surface area (Å²) in [4.78, 5) is 38.7. The van der Waals surface area contributed by atoms with Crippen LogP contribution in [-0.4, -0.2) is 36.0 Å². The summed E-state index contributed by atoms with van der Waals surface area (Å²) in [5.74, 6) is -1.02. The molecular formula is C27H30O8. The van der Waals surface area contributed by atoms with Crippen LogP contribution in [0.1, 0.15) is 52.2 Å². The molecule has 1 aromatic rings. The van der Waals surface area contributed by atoms with E-state index < -0.39 is 51.7 Å². The Morgan fingerprint density at radius 3 is 2.57 bits per heavy atom. The van der Waals surface area contributed by atoms with Crippen LogP contribution in [0, 0.1) is 27.6 Å². The lowest BCUT2D eigenvalue weighted by molar-refractivity contribution is -0.156. The van der Waals surface area contributed by atoms with E-state index in [0.29, 0.717) is 22.7 Å². The quantitative estimate of drug-likeness (QED) is 0.648. The van der Waals surface area contributed by atoms with Gasteiger partial charge in [-0.2, -0.15) is 0 Å². The molecule has 5 rings (SSSR count). The normalized spacial score (nSPS) is 39.4. The van der Waals surface area contributed by atoms with Gasteiger partial charge in [0.25, 0.3) is 0 Å². The van der Waals surface area contributed by atoms with E-state index in [9.17, 15) is 19.5 Å². The maximum Gasteiger partial charge on any atom is 0.331 e. The predicted octanol–water partition coefficient (Wildman–Crippen LogP) is 3.78. The standard InChI is InChI=1S/C27H30O8/c1-14-27(26(5)16(9-21(30)32-6)24(2,3)18(28)11-20(26)34-14)12-19(29)25(4)17(27)10-22(31)35-23(25)15-7-8-33-13-15/h7-8,10-11,13,16,19,23,29H,1,9,12H2,2-6H3/t16-,19-,23+,25+,26-,27-/m1/s1. The summed E-state index contributed by atoms with van der Waals surface area (Å²) in [7, 11) is 1.31. The minimum Gasteiger partial charge on any atom is -0.472 e. The van der Waals surface area contributed by atoms with Gasteiger partial charge in [-0.15, -0.1) is 0 Å². The first-order valence-electron chi connectivity index (χ1n) is 11.7. The number of hydrogen-bond acceptors (Lipinski definition) is 8. The van der Waals surface area contributed by atoms with Gasteiger partial charge in [0.05, 0.1) is 43.0 Å². The molecule has 2 aliphatic carbocycles. The molecule has 2 aliphatic heterocycles. The van der Waals surface area contributed by atoms with E-state index in [0.717, 1.165) is 0 Å². The fourth-order valence-electron chi connectivity index (χ4n) is 7.21. The Bertz CT molecular complexity index is 1200. The maximum absolute atomic E-state index is 13.2. The number of hydrogen-bond donors (Lipinski definition) is 1. The maximum atomic E-state index is 13.2. The zero-order valence-electron chi connectivity index (χ0n) is 20.5. The van der Waals surface area contributed by atoms with Crippen molar-refractivity contribution in [2.45, 2.75) is 52.7 Å². The molecule has 6 atom stereocenters. The highest BCUT2D eigenvalue weighted by Gasteiger charge is 2.76. The molecule has 8 nitrogen and oxygen atoms in total. The molecule has 1 saturated carbocycles. The number of cyclic esters (lactones) is 1. The van der Waals surface area contributed by atoms with E-state index in [1.807, 2.05) is 13.8 Å². The van der Waals surface area contributed by atoms with Crippen molar-refractivity contribution in [3.8, 4) is 0 Å². The SMILES string of the molecule is C=C1OC2=CC(=O)C(C)(C)[C@@H](CC(=O)OC)[C@@]2(C)[C@]12C[C@@H](O)[C@]1(C)C2=CC(=O)O[C@H]1c1ccoc1. The number of ether oxygens (including phenoxy) is 3. The molecule has 2 fully saturated rings. The molecule has 1 spiro atoms. The van der Waals surface area contributed by atoms with E-state index in [2.05, 4.69) is 6.58 Å². The van der Waals surface area contributed by atoms with Crippen LogP contribution in [0.3, 0.4) is 0 Å². The van der Waals surface area contributed by atoms with Gasteiger partial charge in [0.2, 0.25) is 0 Å². The number of rotatable bonds is 3. The Morgan fingerprint density at radius 2 is 1.94 bits per heavy atom. The molecule has 35 heavy (non-hydrogen) atoms. The lowest BCUT2D eigenvalue weighted by Crippen LogP contribution is -2.54. The van der Waals surface area contributed by atoms with Gasteiger partial charge < -0.3 is 23.7 Å². The van der Waals surface area contributed by atoms with Gasteiger partial charge in [-0.1, -0.05) is 27.4 Å². The van der Waals surface area contributed by atoms with Gasteiger partial charge in [0.1, 0.15) is 17.6 Å². The van der Waals surface area contributed by atoms with Crippen LogP contribution in [-0.2, 0) is 28.6 Å². The summed E-state index contributed by atoms with van der Waals surface area (Å²) >= 11 is 0. The Labute approximate surface area is 203 Å². The highest BCUT2D eigenvalue weighted by atomic mass is 16.5. The van der Waals surface area contributed by atoms with Crippen molar-refractivity contribution in [3.05, 3.63) is 60.0 Å². The summed E-state index contributed by atoms with van der Waals surface area (Å²) < 4.78 is 22.2. The Morgan fingerprint density at radius 1 is 1.23 bits per heavy atom. The summed E-state index contributed by atoms with van der Waals surface area (Å²) in [5, 5.41) is 11.6. The summed E-state index contributed by atoms with van der Waals surface area (Å²) in [5.41, 5.74) is -2.76. The minimum atomic E-state index is -1.06. The van der Waals surface area contributed by atoms with Gasteiger partial charge in [0, 0.05) is 28.5 Å². The second-order valence-electron chi connectivity index (χ2n) is 11.0. The number of fused-ring (bicyclic) bond motifs is 4. The number of aliphatic hydroxyl groups is 1. The van der Waals surface area contributed by atoms with Crippen LogP contribution in [0.5, 0.6) is 0 Å². The van der Waals surface area contributed by atoms with Crippen molar-refractivity contribution in [1.82, 2.24) is 0 Å². The first-order valence-corrected chi connectivity index (χ1v) is 11.7. The topological polar surface area (TPSA) is 112 Å². The van der Waals surface area contributed by atoms with Crippen LogP contribution in [0.2, 0.25) is 0 Å². The predicted molar refractivity (Wildman–Crippen MR) is 122 cm³/mol. The molecule has 1 aromatic heterocycles. The van der Waals surface area contributed by atoms with Crippen molar-refractivity contribution >= 4 is 17.7 Å². The lowest BCUT2D eigenvalue weighted by Gasteiger charge is -2.53. The Hall–Kier alpha value is -3.13. The molecule has 186 valence electrons. The molecular weight excluding hydrogens is 452 g/mol. The second kappa shape index (κ2) is 7.20. The monoisotopic (exact) mass is 482 g/mol. The number of carbonyl (C=O) groups excluding carboxylic acids is 3. The number of methoxy groups -OCH3 is 1. The van der Waals surface area contributed by atoms with Gasteiger partial charge in [-0.05, 0) is 30.9 Å². The molecule has 0 unspecified atom stereocenters. The average Bonchev–Trinajstić information content (AvgIpc) is 3.46. The van der Waals surface area contributed by atoms with Gasteiger partial charge >= 0.3 is 11.9 Å². The largest absolute Gasteiger partial charge is 0.472 e. The highest BCUT2D eigenvalue weighted by molar-refractivity contribution is 5.97. The van der Waals surface area contributed by atoms with Crippen molar-refractivity contribution in [2.24, 2.45) is 27.6 Å². The van der Waals surface area contributed by atoms with E-state index in [1.165, 1.54) is 31.8 Å². The van der Waals surface area contributed by atoms with Crippen LogP contribution in [0.15, 0.2) is 58.8 Å². The number of carbonyl (C=O) groups is 3. The van der Waals surface area contributed by atoms with Crippen LogP contribution in [0.4, 0.5) is 0 Å². The lowest BCUT2D eigenvalue weighted by atomic mass is 9.46. The van der Waals surface area contributed by atoms with E-state index in [1.54, 1.807) is 19.9 Å². The number of furan rings is 1. The smallest absolute Gasteiger partial charge is 0.331 e. The molecule has 0 amide bonds. The zero-order chi connectivity index (χ0) is 25.6. The third kappa shape index (κ3) is 2.69. The van der Waals surface area contributed by atoms with Crippen molar-refractivity contribution < 1.29 is 38.1 Å². The summed E-state index contributed by atoms with van der Waals surface area (Å²) in [6.07, 6.45) is 4.27. The van der Waals surface area contributed by atoms with E-state index in [4.69, 9.17) is 18.6 Å². The fourth-order valence-corrected chi connectivity index (χ4v) is 7.21. The van der Waals surface area contributed by atoms with E-state index >= 15 is 0 Å². The molecule has 0 aromatic carbocycles. The number of esters is 2. The molecule has 1 saturated heterocycles. The van der Waals surface area contributed by atoms with Crippen molar-refractivity contribution in [1.29, 1.82) is 0 Å². The molecule has 8 heteroatoms. The third-order valence-electron chi connectivity index (χ3n) is 9.29. The second-order valence-corrected chi connectivity index (χ2v) is 11.0. The van der Waals surface area contributed by atoms with Crippen LogP contribution in [0.25, 0.3) is 0 Å². The molecule has 0 radical (unpaired) electrons. The first kappa shape index (κ1) is 23.6. The molecule has 4 aliphatic rings. The van der Waals surface area contributed by atoms with Gasteiger partial charge in [0.15, 0.2) is 5.78 Å². The van der Waals surface area contributed by atoms with E-state index in [-0.39, 0.29) is 18.6 Å². The van der Waals surface area contributed by atoms with Crippen molar-refractivity contribution in [3.63, 3.8) is 0 Å². The van der Waals surface area contributed by atoms with Crippen LogP contribution >= 0.6 is 0 Å². The Kier molecular flexibility index (Phi) is 4.85. The average molecular weight is 483 g/mol. The molecule has 3 heterocycles. The third-order valence-corrected chi connectivity index (χ3v) is 9.29. The highest BCUT2D eigenvalue weighted by Crippen LogP contribution is 2.77. The molecule has 0 bridgehead atoms. The van der Waals surface area contributed by atoms with Crippen LogP contribution < -0.4 is 0 Å². The van der Waals surface area contributed by atoms with Gasteiger partial charge in [-0.3, -0.25) is 9.59 Å². The first-order chi connectivity index (χ1) is 16.3. The Balaban J connectivity index is 1.77. The minimum absolute atomic E-state index is 0.0445. The van der Waals surface area contributed by atoms with Gasteiger partial charge in [-0.25, -0.2) is 4.79 Å². The zero-order valence-corrected chi connectivity index (χ0v) is 20.5.